The minimum absolute atomic E-state index is 0.318. The van der Waals surface area contributed by atoms with Crippen molar-refractivity contribution in [3.63, 3.8) is 0 Å². The summed E-state index contributed by atoms with van der Waals surface area (Å²) >= 11 is 1.63. The normalized spacial score (nSPS) is 16.5. The summed E-state index contributed by atoms with van der Waals surface area (Å²) < 4.78 is 1.22. The zero-order chi connectivity index (χ0) is 10.3. The fourth-order valence-electron chi connectivity index (χ4n) is 1.97. The van der Waals surface area contributed by atoms with Crippen molar-refractivity contribution in [2.45, 2.75) is 19.3 Å². The van der Waals surface area contributed by atoms with Crippen molar-refractivity contribution >= 4 is 27.2 Å². The fraction of sp³-hybridized carbons (Fsp3) is 0.308. The van der Waals surface area contributed by atoms with E-state index in [1.165, 1.54) is 16.5 Å². The number of carbonyl (C=O) groups excluding carboxylic acids is 1. The standard InChI is InChI=1S/C13H12OS/c14-13(9-5-3-6-9)12-8-10-4-1-2-7-11(10)15-12/h1-2,4,7-9H,3,5-6H2. The van der Waals surface area contributed by atoms with Crippen LogP contribution in [0.1, 0.15) is 28.9 Å². The molecule has 1 nitrogen and oxygen atoms in total. The van der Waals surface area contributed by atoms with E-state index in [-0.39, 0.29) is 0 Å². The fourth-order valence-corrected chi connectivity index (χ4v) is 3.06. The zero-order valence-electron chi connectivity index (χ0n) is 8.40. The third-order valence-corrected chi connectivity index (χ3v) is 4.27. The highest BCUT2D eigenvalue weighted by Gasteiger charge is 2.27. The molecule has 2 heteroatoms. The average molecular weight is 216 g/mol. The lowest BCUT2D eigenvalue weighted by molar-refractivity contribution is 0.0859. The van der Waals surface area contributed by atoms with Crippen LogP contribution in [0.15, 0.2) is 30.3 Å². The van der Waals surface area contributed by atoms with Gasteiger partial charge in [0, 0.05) is 10.6 Å². The van der Waals surface area contributed by atoms with E-state index in [2.05, 4.69) is 12.1 Å². The van der Waals surface area contributed by atoms with E-state index >= 15 is 0 Å². The molecule has 0 bridgehead atoms. The number of ketones is 1. The molecule has 0 spiro atoms. The molecule has 1 aliphatic rings. The largest absolute Gasteiger partial charge is 0.293 e. The lowest BCUT2D eigenvalue weighted by atomic mass is 9.82. The quantitative estimate of drug-likeness (QED) is 0.696. The topological polar surface area (TPSA) is 17.1 Å². The second-order valence-corrected chi connectivity index (χ2v) is 5.22. The Morgan fingerprint density at radius 2 is 2.07 bits per heavy atom. The van der Waals surface area contributed by atoms with E-state index in [9.17, 15) is 4.79 Å². The summed E-state index contributed by atoms with van der Waals surface area (Å²) in [6, 6.07) is 10.2. The van der Waals surface area contributed by atoms with Crippen LogP contribution >= 0.6 is 11.3 Å². The molecule has 3 rings (SSSR count). The van der Waals surface area contributed by atoms with Crippen molar-refractivity contribution in [2.75, 3.05) is 0 Å². The third-order valence-electron chi connectivity index (χ3n) is 3.14. The van der Waals surface area contributed by atoms with E-state index < -0.39 is 0 Å². The van der Waals surface area contributed by atoms with Gasteiger partial charge in [0.25, 0.3) is 0 Å². The maximum Gasteiger partial charge on any atom is 0.175 e. The third kappa shape index (κ3) is 1.49. The molecule has 2 aromatic rings. The van der Waals surface area contributed by atoms with Crippen LogP contribution in [0, 0.1) is 5.92 Å². The van der Waals surface area contributed by atoms with Gasteiger partial charge in [-0.2, -0.15) is 0 Å². The van der Waals surface area contributed by atoms with Crippen LogP contribution in [-0.2, 0) is 0 Å². The molecule has 0 radical (unpaired) electrons. The first-order valence-corrected chi connectivity index (χ1v) is 6.19. The van der Waals surface area contributed by atoms with E-state index in [0.29, 0.717) is 11.7 Å². The number of carbonyl (C=O) groups is 1. The van der Waals surface area contributed by atoms with Crippen molar-refractivity contribution in [1.29, 1.82) is 0 Å². The highest BCUT2D eigenvalue weighted by atomic mass is 32.1. The number of rotatable bonds is 2. The van der Waals surface area contributed by atoms with Gasteiger partial charge in [-0.25, -0.2) is 0 Å². The summed E-state index contributed by atoms with van der Waals surface area (Å²) in [5.41, 5.74) is 0. The molecule has 0 N–H and O–H groups in total. The molecule has 1 fully saturated rings. The monoisotopic (exact) mass is 216 g/mol. The SMILES string of the molecule is O=C(c1cc2ccccc2s1)C1CCC1. The first-order valence-electron chi connectivity index (χ1n) is 5.37. The Labute approximate surface area is 92.7 Å². The lowest BCUT2D eigenvalue weighted by Gasteiger charge is -2.22. The van der Waals surface area contributed by atoms with Gasteiger partial charge < -0.3 is 0 Å². The van der Waals surface area contributed by atoms with Crippen LogP contribution in [0.3, 0.4) is 0 Å². The van der Waals surface area contributed by atoms with Gasteiger partial charge in [0.2, 0.25) is 0 Å². The lowest BCUT2D eigenvalue weighted by Crippen LogP contribution is -2.20. The maximum atomic E-state index is 12.0. The molecule has 0 aliphatic heterocycles. The van der Waals surface area contributed by atoms with E-state index in [4.69, 9.17) is 0 Å². The van der Waals surface area contributed by atoms with Gasteiger partial charge in [-0.15, -0.1) is 11.3 Å². The second kappa shape index (κ2) is 3.46. The Morgan fingerprint density at radius 3 is 2.73 bits per heavy atom. The van der Waals surface area contributed by atoms with Crippen LogP contribution < -0.4 is 0 Å². The van der Waals surface area contributed by atoms with Crippen molar-refractivity contribution in [1.82, 2.24) is 0 Å². The Balaban J connectivity index is 2.00. The molecule has 1 aromatic carbocycles. The second-order valence-electron chi connectivity index (χ2n) is 4.14. The van der Waals surface area contributed by atoms with Crippen molar-refractivity contribution in [3.05, 3.63) is 35.2 Å². The maximum absolute atomic E-state index is 12.0. The summed E-state index contributed by atoms with van der Waals surface area (Å²) in [6.45, 7) is 0. The minimum atomic E-state index is 0.318. The van der Waals surface area contributed by atoms with Crippen LogP contribution in [0.2, 0.25) is 0 Å². The van der Waals surface area contributed by atoms with Gasteiger partial charge in [0.1, 0.15) is 0 Å². The number of hydrogen-bond donors (Lipinski definition) is 0. The number of fused-ring (bicyclic) bond motifs is 1. The Bertz CT molecular complexity index is 475. The van der Waals surface area contributed by atoms with Crippen molar-refractivity contribution in [2.24, 2.45) is 5.92 Å². The van der Waals surface area contributed by atoms with E-state index in [1.54, 1.807) is 11.3 Å². The predicted octanol–water partition coefficient (Wildman–Crippen LogP) is 3.88. The first-order chi connectivity index (χ1) is 7.34. The van der Waals surface area contributed by atoms with Gasteiger partial charge >= 0.3 is 0 Å². The van der Waals surface area contributed by atoms with Crippen LogP contribution in [-0.4, -0.2) is 5.78 Å². The van der Waals surface area contributed by atoms with Crippen LogP contribution in [0.4, 0.5) is 0 Å². The van der Waals surface area contributed by atoms with Gasteiger partial charge in [-0.05, 0) is 30.4 Å². The van der Waals surface area contributed by atoms with Crippen molar-refractivity contribution < 1.29 is 4.79 Å². The molecule has 1 saturated carbocycles. The number of benzene rings is 1. The molecule has 1 aliphatic carbocycles. The summed E-state index contributed by atoms with van der Waals surface area (Å²) in [7, 11) is 0. The molecular formula is C13H12OS. The molecular weight excluding hydrogens is 204 g/mol. The molecule has 0 unspecified atom stereocenters. The number of thiophene rings is 1. The average Bonchev–Trinajstić information content (AvgIpc) is 2.58. The molecule has 15 heavy (non-hydrogen) atoms. The molecule has 1 heterocycles. The number of Topliss-reactive ketones (excluding diaryl/α,β-unsaturated/α-hetero) is 1. The van der Waals surface area contributed by atoms with Gasteiger partial charge in [-0.3, -0.25) is 4.79 Å². The highest BCUT2D eigenvalue weighted by molar-refractivity contribution is 7.20. The zero-order valence-corrected chi connectivity index (χ0v) is 9.22. The van der Waals surface area contributed by atoms with Crippen molar-refractivity contribution in [3.8, 4) is 0 Å². The Morgan fingerprint density at radius 1 is 1.27 bits per heavy atom. The Hall–Kier alpha value is -1.15. The Kier molecular flexibility index (Phi) is 2.10. The summed E-state index contributed by atoms with van der Waals surface area (Å²) in [4.78, 5) is 13.0. The minimum Gasteiger partial charge on any atom is -0.293 e. The van der Waals surface area contributed by atoms with Crippen LogP contribution in [0.5, 0.6) is 0 Å². The summed E-state index contributed by atoms with van der Waals surface area (Å²) in [5, 5.41) is 1.20. The molecule has 0 saturated heterocycles. The van der Waals surface area contributed by atoms with E-state index in [1.807, 2.05) is 18.2 Å². The smallest absolute Gasteiger partial charge is 0.175 e. The molecule has 0 atom stereocenters. The molecule has 1 aromatic heterocycles. The predicted molar refractivity (Wildman–Crippen MR) is 63.5 cm³/mol. The summed E-state index contributed by atoms with van der Waals surface area (Å²) in [5.74, 6) is 0.681. The number of hydrogen-bond acceptors (Lipinski definition) is 2. The highest BCUT2D eigenvalue weighted by Crippen LogP contribution is 2.34. The van der Waals surface area contributed by atoms with Crippen LogP contribution in [0.25, 0.3) is 10.1 Å². The van der Waals surface area contributed by atoms with Gasteiger partial charge in [0.05, 0.1) is 4.88 Å². The first kappa shape index (κ1) is 9.10. The van der Waals surface area contributed by atoms with Gasteiger partial charge in [0.15, 0.2) is 5.78 Å². The van der Waals surface area contributed by atoms with E-state index in [0.717, 1.165) is 17.7 Å². The summed E-state index contributed by atoms with van der Waals surface area (Å²) in [6.07, 6.45) is 3.40. The van der Waals surface area contributed by atoms with Gasteiger partial charge in [-0.1, -0.05) is 24.6 Å². The molecule has 0 amide bonds. The molecule has 76 valence electrons.